The number of aromatic nitrogens is 1. The lowest BCUT2D eigenvalue weighted by atomic mass is 9.84. The highest BCUT2D eigenvalue weighted by molar-refractivity contribution is 6.42. The molecule has 1 amide bonds. The number of likely N-dealkylation sites (tertiary alicyclic amines) is 2. The smallest absolute Gasteiger partial charge is 0.226 e. The maximum atomic E-state index is 13.2. The summed E-state index contributed by atoms with van der Waals surface area (Å²) in [5, 5.41) is 12.8. The quantitative estimate of drug-likeness (QED) is 0.400. The molecular formula is C30H35Cl2N3O2. The van der Waals surface area contributed by atoms with Crippen LogP contribution in [0.15, 0.2) is 48.7 Å². The Balaban J connectivity index is 1.01. The average Bonchev–Trinajstić information content (AvgIpc) is 3.62. The molecule has 2 aliphatic heterocycles. The standard InChI is InChI=1S/C30H35Cl2N3O2/c31-26-6-5-21(15-27(26)32)23-16-24(23)30(37)35-13-9-20(10-14-35)29(18-36)34-11-7-19(8-12-34)25-17-33-28-4-2-1-3-22(25)28/h1-6,15,17,19-20,23-24,29,33,36H,7-14,16,18H2. The van der Waals surface area contributed by atoms with E-state index in [1.807, 2.05) is 18.2 Å². The minimum absolute atomic E-state index is 0.0611. The molecule has 3 atom stereocenters. The molecule has 3 aromatic rings. The van der Waals surface area contributed by atoms with Gasteiger partial charge in [0.2, 0.25) is 5.91 Å². The zero-order valence-electron chi connectivity index (χ0n) is 21.1. The Bertz CT molecular complexity index is 1260. The molecule has 3 aliphatic rings. The number of benzene rings is 2. The van der Waals surface area contributed by atoms with Gasteiger partial charge in [-0.3, -0.25) is 9.69 Å². The molecule has 1 aromatic heterocycles. The zero-order valence-corrected chi connectivity index (χ0v) is 22.6. The van der Waals surface area contributed by atoms with Gasteiger partial charge in [0.15, 0.2) is 0 Å². The number of halogens is 2. The molecule has 0 spiro atoms. The number of aromatic amines is 1. The molecule has 2 N–H and O–H groups in total. The second-order valence-corrected chi connectivity index (χ2v) is 11.9. The molecule has 5 nitrogen and oxygen atoms in total. The molecule has 7 heteroatoms. The van der Waals surface area contributed by atoms with Crippen LogP contribution in [-0.4, -0.2) is 64.6 Å². The van der Waals surface area contributed by atoms with E-state index in [4.69, 9.17) is 23.2 Å². The van der Waals surface area contributed by atoms with Crippen LogP contribution < -0.4 is 0 Å². The highest BCUT2D eigenvalue weighted by atomic mass is 35.5. The van der Waals surface area contributed by atoms with Gasteiger partial charge in [0, 0.05) is 42.1 Å². The van der Waals surface area contributed by atoms with Crippen LogP contribution in [0, 0.1) is 11.8 Å². The van der Waals surface area contributed by atoms with Crippen LogP contribution >= 0.6 is 23.2 Å². The largest absolute Gasteiger partial charge is 0.395 e. The van der Waals surface area contributed by atoms with E-state index in [0.29, 0.717) is 21.9 Å². The molecule has 3 fully saturated rings. The third kappa shape index (κ3) is 5.04. The first-order chi connectivity index (χ1) is 18.0. The Morgan fingerprint density at radius 2 is 1.76 bits per heavy atom. The van der Waals surface area contributed by atoms with Crippen molar-refractivity contribution < 1.29 is 9.90 Å². The lowest BCUT2D eigenvalue weighted by Gasteiger charge is -2.43. The van der Waals surface area contributed by atoms with Crippen LogP contribution in [0.1, 0.15) is 55.1 Å². The number of para-hydroxylation sites is 1. The number of fused-ring (bicyclic) bond motifs is 1. The van der Waals surface area contributed by atoms with Crippen LogP contribution in [-0.2, 0) is 4.79 Å². The van der Waals surface area contributed by atoms with E-state index in [2.05, 4.69) is 45.2 Å². The number of carbonyl (C=O) groups is 1. The fourth-order valence-electron chi connectivity index (χ4n) is 6.85. The molecule has 37 heavy (non-hydrogen) atoms. The van der Waals surface area contributed by atoms with Gasteiger partial charge in [0.05, 0.1) is 16.7 Å². The Kier molecular flexibility index (Phi) is 7.24. The van der Waals surface area contributed by atoms with E-state index < -0.39 is 0 Å². The predicted octanol–water partition coefficient (Wildman–Crippen LogP) is 6.06. The second kappa shape index (κ2) is 10.6. The highest BCUT2D eigenvalue weighted by Crippen LogP contribution is 2.49. The van der Waals surface area contributed by atoms with Gasteiger partial charge < -0.3 is 15.0 Å². The van der Waals surface area contributed by atoms with Crippen molar-refractivity contribution in [3.8, 4) is 0 Å². The van der Waals surface area contributed by atoms with E-state index in [9.17, 15) is 9.90 Å². The number of carbonyl (C=O) groups excluding carboxylic acids is 1. The van der Waals surface area contributed by atoms with E-state index in [-0.39, 0.29) is 30.4 Å². The summed E-state index contributed by atoms with van der Waals surface area (Å²) in [6.07, 6.45) is 7.24. The number of hydrogen-bond donors (Lipinski definition) is 2. The summed E-state index contributed by atoms with van der Waals surface area (Å²) in [6.45, 7) is 3.80. The van der Waals surface area contributed by atoms with Crippen molar-refractivity contribution in [3.63, 3.8) is 0 Å². The minimum atomic E-state index is 0.0611. The molecule has 3 heterocycles. The van der Waals surface area contributed by atoms with E-state index in [0.717, 1.165) is 63.8 Å². The van der Waals surface area contributed by atoms with Crippen molar-refractivity contribution in [3.05, 3.63) is 69.8 Å². The number of H-pyrrole nitrogens is 1. The van der Waals surface area contributed by atoms with Crippen molar-refractivity contribution in [1.82, 2.24) is 14.8 Å². The monoisotopic (exact) mass is 539 g/mol. The fourth-order valence-corrected chi connectivity index (χ4v) is 7.16. The topological polar surface area (TPSA) is 59.6 Å². The maximum Gasteiger partial charge on any atom is 0.226 e. The summed E-state index contributed by atoms with van der Waals surface area (Å²) in [7, 11) is 0. The minimum Gasteiger partial charge on any atom is -0.395 e. The summed E-state index contributed by atoms with van der Waals surface area (Å²) >= 11 is 12.2. The molecule has 0 bridgehead atoms. The van der Waals surface area contributed by atoms with E-state index >= 15 is 0 Å². The third-order valence-electron chi connectivity index (χ3n) is 9.12. The maximum absolute atomic E-state index is 13.2. The molecule has 2 saturated heterocycles. The number of nitrogens with one attached hydrogen (secondary N) is 1. The first kappa shape index (κ1) is 25.2. The molecule has 0 radical (unpaired) electrons. The Morgan fingerprint density at radius 1 is 1.00 bits per heavy atom. The number of nitrogens with zero attached hydrogens (tertiary/aromatic N) is 2. The number of piperidine rings is 2. The number of hydrogen-bond acceptors (Lipinski definition) is 3. The van der Waals surface area contributed by atoms with Crippen molar-refractivity contribution in [2.24, 2.45) is 11.8 Å². The first-order valence-corrected chi connectivity index (χ1v) is 14.4. The molecule has 2 aromatic carbocycles. The van der Waals surface area contributed by atoms with Crippen molar-refractivity contribution >= 4 is 40.0 Å². The van der Waals surface area contributed by atoms with Gasteiger partial charge in [-0.1, -0.05) is 47.5 Å². The van der Waals surface area contributed by atoms with Crippen molar-refractivity contribution in [2.45, 2.75) is 50.0 Å². The van der Waals surface area contributed by atoms with Crippen LogP contribution in [0.25, 0.3) is 10.9 Å². The Labute approximate surface area is 228 Å². The average molecular weight is 541 g/mol. The molecule has 196 valence electrons. The van der Waals surface area contributed by atoms with Crippen LogP contribution in [0.3, 0.4) is 0 Å². The molecule has 1 saturated carbocycles. The summed E-state index contributed by atoms with van der Waals surface area (Å²) < 4.78 is 0. The van der Waals surface area contributed by atoms with Gasteiger partial charge in [-0.25, -0.2) is 0 Å². The first-order valence-electron chi connectivity index (χ1n) is 13.7. The van der Waals surface area contributed by atoms with Crippen molar-refractivity contribution in [2.75, 3.05) is 32.8 Å². The third-order valence-corrected chi connectivity index (χ3v) is 9.86. The summed E-state index contributed by atoms with van der Waals surface area (Å²) in [4.78, 5) is 21.2. The lowest BCUT2D eigenvalue weighted by molar-refractivity contribution is -0.134. The summed E-state index contributed by atoms with van der Waals surface area (Å²) in [6, 6.07) is 14.5. The fraction of sp³-hybridized carbons (Fsp3) is 0.500. The summed E-state index contributed by atoms with van der Waals surface area (Å²) in [5.41, 5.74) is 3.75. The van der Waals surface area contributed by atoms with Crippen molar-refractivity contribution in [1.29, 1.82) is 0 Å². The molecular weight excluding hydrogens is 505 g/mol. The normalized spacial score (nSPS) is 24.5. The number of aliphatic hydroxyl groups is 1. The molecule has 6 rings (SSSR count). The van der Waals surface area contributed by atoms with E-state index in [1.54, 1.807) is 0 Å². The molecule has 1 aliphatic carbocycles. The Hall–Kier alpha value is -2.05. The van der Waals surface area contributed by atoms with Gasteiger partial charge in [-0.15, -0.1) is 0 Å². The molecule has 3 unspecified atom stereocenters. The number of amides is 1. The predicted molar refractivity (Wildman–Crippen MR) is 149 cm³/mol. The Morgan fingerprint density at radius 3 is 2.49 bits per heavy atom. The van der Waals surface area contributed by atoms with Gasteiger partial charge in [-0.2, -0.15) is 0 Å². The summed E-state index contributed by atoms with van der Waals surface area (Å²) in [5.74, 6) is 1.58. The zero-order chi connectivity index (χ0) is 25.5. The number of rotatable bonds is 6. The number of aliphatic hydroxyl groups excluding tert-OH is 1. The van der Waals surface area contributed by atoms with Gasteiger partial charge in [0.25, 0.3) is 0 Å². The van der Waals surface area contributed by atoms with Gasteiger partial charge in [0.1, 0.15) is 0 Å². The second-order valence-electron chi connectivity index (χ2n) is 11.1. The van der Waals surface area contributed by atoms with Gasteiger partial charge in [-0.05, 0) is 92.3 Å². The SMILES string of the molecule is O=C(C1CC1c1ccc(Cl)c(Cl)c1)N1CCC(C(CO)N2CCC(c3c[nH]c4ccccc34)CC2)CC1. The van der Waals surface area contributed by atoms with E-state index in [1.165, 1.54) is 16.5 Å². The van der Waals surface area contributed by atoms with Crippen LogP contribution in [0.2, 0.25) is 10.0 Å². The highest BCUT2D eigenvalue weighted by Gasteiger charge is 2.46. The lowest BCUT2D eigenvalue weighted by Crippen LogP contribution is -2.50. The van der Waals surface area contributed by atoms with Crippen LogP contribution in [0.4, 0.5) is 0 Å². The van der Waals surface area contributed by atoms with Gasteiger partial charge >= 0.3 is 0 Å². The van der Waals surface area contributed by atoms with Crippen LogP contribution in [0.5, 0.6) is 0 Å².